The summed E-state index contributed by atoms with van der Waals surface area (Å²) in [7, 11) is -0.687. The molecule has 0 aliphatic carbocycles. The van der Waals surface area contributed by atoms with Gasteiger partial charge >= 0.3 is 0 Å². The zero-order chi connectivity index (χ0) is 23.3. The Bertz CT molecular complexity index is 855. The summed E-state index contributed by atoms with van der Waals surface area (Å²) in [4.78, 5) is 0. The van der Waals surface area contributed by atoms with Gasteiger partial charge in [0, 0.05) is 11.1 Å². The second-order valence-corrected chi connectivity index (χ2v) is 14.7. The molecule has 0 nitrogen and oxygen atoms in total. The molecule has 0 aromatic heterocycles. The van der Waals surface area contributed by atoms with Crippen LogP contribution in [0.4, 0.5) is 0 Å². The van der Waals surface area contributed by atoms with E-state index in [9.17, 15) is 0 Å². The van der Waals surface area contributed by atoms with E-state index < -0.39 is 7.55 Å². The molecule has 0 bridgehead atoms. The summed E-state index contributed by atoms with van der Waals surface area (Å²) in [6.45, 7) is 27.7. The Balaban J connectivity index is 2.74. The van der Waals surface area contributed by atoms with Crippen molar-refractivity contribution in [2.24, 2.45) is 0 Å². The molecule has 0 radical (unpaired) electrons. The van der Waals surface area contributed by atoms with E-state index in [0.717, 1.165) is 0 Å². The van der Waals surface area contributed by atoms with E-state index in [1.54, 1.807) is 0 Å². The molecule has 0 fully saturated rings. The molecule has 0 saturated heterocycles. The van der Waals surface area contributed by atoms with E-state index >= 15 is 0 Å². The third kappa shape index (κ3) is 5.45. The molecule has 0 N–H and O–H groups in total. The second kappa shape index (κ2) is 7.94. The molecule has 0 atom stereocenters. The van der Waals surface area contributed by atoms with Crippen molar-refractivity contribution in [3.63, 3.8) is 0 Å². The summed E-state index contributed by atoms with van der Waals surface area (Å²) in [5.41, 5.74) is 6.15. The molecule has 0 aliphatic heterocycles. The van der Waals surface area contributed by atoms with Gasteiger partial charge in [-0.2, -0.15) is 0 Å². The van der Waals surface area contributed by atoms with Crippen molar-refractivity contribution >= 4 is 24.5 Å². The van der Waals surface area contributed by atoms with Crippen molar-refractivity contribution < 1.29 is 0 Å². The van der Waals surface area contributed by atoms with Crippen molar-refractivity contribution in [2.75, 3.05) is 0 Å². The molecular formula is C29H44P+. The van der Waals surface area contributed by atoms with Crippen LogP contribution in [0.25, 0.3) is 0 Å². The highest BCUT2D eigenvalue weighted by molar-refractivity contribution is 7.71. The lowest BCUT2D eigenvalue weighted by Crippen LogP contribution is -2.28. The van der Waals surface area contributed by atoms with Crippen molar-refractivity contribution in [3.8, 4) is 0 Å². The largest absolute Gasteiger partial charge is 0.163 e. The van der Waals surface area contributed by atoms with E-state index in [-0.39, 0.29) is 21.7 Å². The lowest BCUT2D eigenvalue weighted by molar-refractivity contribution is 0.571. The number of hydrogen-bond acceptors (Lipinski definition) is 0. The minimum atomic E-state index is -0.687. The molecular weight excluding hydrogens is 379 g/mol. The van der Waals surface area contributed by atoms with Crippen LogP contribution in [0.2, 0.25) is 0 Å². The number of hydrogen-bond donors (Lipinski definition) is 0. The van der Waals surface area contributed by atoms with Crippen LogP contribution in [-0.2, 0) is 21.7 Å². The van der Waals surface area contributed by atoms with Crippen LogP contribution in [0, 0.1) is 0 Å². The average Bonchev–Trinajstić information content (AvgIpc) is 2.57. The first-order chi connectivity index (χ1) is 13.3. The summed E-state index contributed by atoms with van der Waals surface area (Å²) in [6, 6.07) is 14.3. The van der Waals surface area contributed by atoms with Gasteiger partial charge in [0.15, 0.2) is 18.2 Å². The van der Waals surface area contributed by atoms with Gasteiger partial charge in [0.25, 0.3) is 0 Å². The minimum Gasteiger partial charge on any atom is -0.0561 e. The molecule has 1 heteroatoms. The second-order valence-electron chi connectivity index (χ2n) is 12.9. The van der Waals surface area contributed by atoms with Gasteiger partial charge in [0.1, 0.15) is 0 Å². The molecule has 0 saturated carbocycles. The predicted molar refractivity (Wildman–Crippen MR) is 141 cm³/mol. The van der Waals surface area contributed by atoms with Crippen LogP contribution in [0.3, 0.4) is 0 Å². The summed E-state index contributed by atoms with van der Waals surface area (Å²) in [5, 5.41) is 2.83. The van der Waals surface area contributed by atoms with Gasteiger partial charge in [-0.3, -0.25) is 0 Å². The monoisotopic (exact) mass is 423 g/mol. The maximum Gasteiger partial charge on any atom is 0.163 e. The van der Waals surface area contributed by atoms with Gasteiger partial charge in [-0.25, -0.2) is 0 Å². The maximum absolute atomic E-state index is 4.78. The van der Waals surface area contributed by atoms with Crippen LogP contribution in [-0.4, -0.2) is 6.30 Å². The normalized spacial score (nSPS) is 13.5. The molecule has 2 rings (SSSR count). The first-order valence-corrected chi connectivity index (χ1v) is 12.8. The molecule has 164 valence electrons. The van der Waals surface area contributed by atoms with Gasteiger partial charge in [0.2, 0.25) is 0 Å². The molecule has 0 spiro atoms. The molecule has 0 unspecified atom stereocenters. The van der Waals surface area contributed by atoms with Crippen molar-refractivity contribution in [3.05, 3.63) is 58.7 Å². The third-order valence-electron chi connectivity index (χ3n) is 5.92. The summed E-state index contributed by atoms with van der Waals surface area (Å²) < 4.78 is 0. The molecule has 2 aromatic carbocycles. The zero-order valence-electron chi connectivity index (χ0n) is 21.6. The fraction of sp³-hybridized carbons (Fsp3) is 0.552. The third-order valence-corrected chi connectivity index (χ3v) is 7.87. The van der Waals surface area contributed by atoms with Crippen LogP contribution in [0.15, 0.2) is 36.4 Å². The Morgan fingerprint density at radius 1 is 0.500 bits per heavy atom. The Morgan fingerprint density at radius 3 is 1.03 bits per heavy atom. The quantitative estimate of drug-likeness (QED) is 0.433. The van der Waals surface area contributed by atoms with Crippen LogP contribution in [0.1, 0.15) is 105 Å². The Labute approximate surface area is 187 Å². The standard InChI is InChI=1S/C29H44P/c1-26(2,3)20-14-16-24(22(18-20)28(7,8)9)30(13)25-17-15-21(27(4,5)6)19-23(25)29(10,11)12/h14-19H,13H2,1-12H3/q+1. The van der Waals surface area contributed by atoms with Crippen molar-refractivity contribution in [1.29, 1.82) is 0 Å². The Morgan fingerprint density at radius 2 is 0.800 bits per heavy atom. The zero-order valence-corrected chi connectivity index (χ0v) is 22.5. The number of benzene rings is 2. The van der Waals surface area contributed by atoms with E-state index in [4.69, 9.17) is 6.30 Å². The average molecular weight is 424 g/mol. The number of rotatable bonds is 2. The molecule has 0 heterocycles. The van der Waals surface area contributed by atoms with E-state index in [0.29, 0.717) is 0 Å². The van der Waals surface area contributed by atoms with Crippen LogP contribution in [0.5, 0.6) is 0 Å². The maximum atomic E-state index is 4.78. The molecule has 2 aromatic rings. The lowest BCUT2D eigenvalue weighted by Gasteiger charge is -2.27. The van der Waals surface area contributed by atoms with Gasteiger partial charge in [0.05, 0.1) is 6.30 Å². The predicted octanol–water partition coefficient (Wildman–Crippen LogP) is 7.74. The molecule has 0 amide bonds. The lowest BCUT2D eigenvalue weighted by atomic mass is 9.80. The van der Waals surface area contributed by atoms with E-state index in [1.165, 1.54) is 32.9 Å². The summed E-state index contributed by atoms with van der Waals surface area (Å²) in [5.74, 6) is 0. The van der Waals surface area contributed by atoms with E-state index in [1.807, 2.05) is 0 Å². The van der Waals surface area contributed by atoms with Gasteiger partial charge in [-0.15, -0.1) is 0 Å². The highest BCUT2D eigenvalue weighted by Gasteiger charge is 2.33. The highest BCUT2D eigenvalue weighted by atomic mass is 31.1. The van der Waals surface area contributed by atoms with Crippen molar-refractivity contribution in [2.45, 2.75) is 105 Å². The first kappa shape index (κ1) is 24.9. The highest BCUT2D eigenvalue weighted by Crippen LogP contribution is 2.36. The Hall–Kier alpha value is -1.39. The van der Waals surface area contributed by atoms with E-state index in [2.05, 4.69) is 119 Å². The Kier molecular flexibility index (Phi) is 6.59. The SMILES string of the molecule is C=[P+](c1ccc(C(C)(C)C)cc1C(C)(C)C)c1ccc(C(C)(C)C)cc1C(C)(C)C. The smallest absolute Gasteiger partial charge is 0.0561 e. The molecule has 0 aliphatic rings. The van der Waals surface area contributed by atoms with Crippen molar-refractivity contribution in [1.82, 2.24) is 0 Å². The van der Waals surface area contributed by atoms with Gasteiger partial charge < -0.3 is 0 Å². The minimum absolute atomic E-state index is 0.0854. The summed E-state index contributed by atoms with van der Waals surface area (Å²) in [6.07, 6.45) is 4.78. The fourth-order valence-electron chi connectivity index (χ4n) is 3.81. The summed E-state index contributed by atoms with van der Waals surface area (Å²) >= 11 is 0. The first-order valence-electron chi connectivity index (χ1n) is 11.2. The van der Waals surface area contributed by atoms with Gasteiger partial charge in [-0.05, 0) is 44.9 Å². The molecule has 30 heavy (non-hydrogen) atoms. The van der Waals surface area contributed by atoms with Crippen LogP contribution >= 0.6 is 7.55 Å². The van der Waals surface area contributed by atoms with Crippen LogP contribution < -0.4 is 10.6 Å². The fourth-order valence-corrected chi connectivity index (χ4v) is 5.96. The van der Waals surface area contributed by atoms with Gasteiger partial charge in [-0.1, -0.05) is 107 Å². The topological polar surface area (TPSA) is 0 Å².